The van der Waals surface area contributed by atoms with Crippen LogP contribution in [0.2, 0.25) is 0 Å². The van der Waals surface area contributed by atoms with Gasteiger partial charge in [0.2, 0.25) is 0 Å². The first-order chi connectivity index (χ1) is 15.1. The van der Waals surface area contributed by atoms with Gasteiger partial charge in [-0.3, -0.25) is 4.79 Å². The van der Waals surface area contributed by atoms with E-state index in [2.05, 4.69) is 36.5 Å². The van der Waals surface area contributed by atoms with E-state index in [0.29, 0.717) is 17.2 Å². The van der Waals surface area contributed by atoms with Gasteiger partial charge in [0, 0.05) is 17.2 Å². The highest BCUT2D eigenvalue weighted by Crippen LogP contribution is 2.26. The Morgan fingerprint density at radius 2 is 1.87 bits per heavy atom. The molecule has 1 amide bonds. The van der Waals surface area contributed by atoms with Crippen LogP contribution in [0.15, 0.2) is 88.6 Å². The zero-order valence-corrected chi connectivity index (χ0v) is 17.4. The number of para-hydroxylation sites is 1. The predicted octanol–water partition coefficient (Wildman–Crippen LogP) is 6.05. The Labute approximate surface area is 181 Å². The van der Waals surface area contributed by atoms with Crippen molar-refractivity contribution in [2.24, 2.45) is 5.10 Å². The molecule has 0 radical (unpaired) electrons. The Hall–Kier alpha value is -3.99. The summed E-state index contributed by atoms with van der Waals surface area (Å²) in [6.45, 7) is 4.33. The van der Waals surface area contributed by atoms with Gasteiger partial charge in [0.25, 0.3) is 5.91 Å². The SMILES string of the molecule is CC(C)c1ccc(-c2cc(C(=O)NN=C/C=C/c3ccco3)c3ccccc3n2)cc1. The minimum absolute atomic E-state index is 0.290. The normalized spacial score (nSPS) is 11.7. The van der Waals surface area contributed by atoms with Gasteiger partial charge in [-0.1, -0.05) is 56.3 Å². The summed E-state index contributed by atoms with van der Waals surface area (Å²) in [7, 11) is 0. The number of hydrogen-bond donors (Lipinski definition) is 1. The van der Waals surface area contributed by atoms with Crippen LogP contribution in [-0.2, 0) is 0 Å². The smallest absolute Gasteiger partial charge is 0.272 e. The molecule has 31 heavy (non-hydrogen) atoms. The third-order valence-electron chi connectivity index (χ3n) is 4.96. The Morgan fingerprint density at radius 3 is 2.61 bits per heavy atom. The van der Waals surface area contributed by atoms with Crippen molar-refractivity contribution in [1.29, 1.82) is 0 Å². The van der Waals surface area contributed by atoms with Crippen molar-refractivity contribution in [3.05, 3.63) is 96.0 Å². The topological polar surface area (TPSA) is 67.5 Å². The lowest BCUT2D eigenvalue weighted by Crippen LogP contribution is -2.18. The maximum absolute atomic E-state index is 12.9. The number of nitrogens with zero attached hydrogens (tertiary/aromatic N) is 2. The monoisotopic (exact) mass is 409 g/mol. The highest BCUT2D eigenvalue weighted by atomic mass is 16.3. The molecule has 0 saturated carbocycles. The summed E-state index contributed by atoms with van der Waals surface area (Å²) in [6, 6.07) is 21.4. The maximum Gasteiger partial charge on any atom is 0.272 e. The van der Waals surface area contributed by atoms with E-state index in [1.807, 2.05) is 48.5 Å². The molecule has 2 heterocycles. The Bertz CT molecular complexity index is 1240. The lowest BCUT2D eigenvalue weighted by atomic mass is 9.99. The van der Waals surface area contributed by atoms with E-state index in [0.717, 1.165) is 22.2 Å². The highest BCUT2D eigenvalue weighted by Gasteiger charge is 2.13. The van der Waals surface area contributed by atoms with Gasteiger partial charge in [-0.15, -0.1) is 0 Å². The summed E-state index contributed by atoms with van der Waals surface area (Å²) >= 11 is 0. The molecule has 0 fully saturated rings. The van der Waals surface area contributed by atoms with Gasteiger partial charge in [0.15, 0.2) is 0 Å². The van der Waals surface area contributed by atoms with Gasteiger partial charge in [0.05, 0.1) is 23.0 Å². The quantitative estimate of drug-likeness (QED) is 0.311. The molecule has 4 aromatic rings. The number of nitrogens with one attached hydrogen (secondary N) is 1. The van der Waals surface area contributed by atoms with Crippen molar-refractivity contribution in [1.82, 2.24) is 10.4 Å². The number of fused-ring (bicyclic) bond motifs is 1. The number of hydrogen-bond acceptors (Lipinski definition) is 4. The molecule has 0 unspecified atom stereocenters. The Morgan fingerprint density at radius 1 is 1.06 bits per heavy atom. The first-order valence-corrected chi connectivity index (χ1v) is 10.2. The zero-order valence-electron chi connectivity index (χ0n) is 17.4. The molecule has 154 valence electrons. The summed E-state index contributed by atoms with van der Waals surface area (Å²) < 4.78 is 5.21. The average Bonchev–Trinajstić information content (AvgIpc) is 3.31. The summed E-state index contributed by atoms with van der Waals surface area (Å²) in [5.41, 5.74) is 6.87. The van der Waals surface area contributed by atoms with Gasteiger partial charge in [-0.25, -0.2) is 10.4 Å². The highest BCUT2D eigenvalue weighted by molar-refractivity contribution is 6.07. The molecule has 0 atom stereocenters. The van der Waals surface area contributed by atoms with Gasteiger partial charge in [-0.05, 0) is 47.9 Å². The molecule has 4 rings (SSSR count). The molecule has 0 saturated heterocycles. The fourth-order valence-electron chi connectivity index (χ4n) is 3.27. The van der Waals surface area contributed by atoms with Crippen molar-refractivity contribution in [3.63, 3.8) is 0 Å². The number of hydrazone groups is 1. The molecular formula is C26H23N3O2. The second-order valence-electron chi connectivity index (χ2n) is 7.44. The Kier molecular flexibility index (Phi) is 6.03. The van der Waals surface area contributed by atoms with Crippen LogP contribution in [-0.4, -0.2) is 17.1 Å². The van der Waals surface area contributed by atoms with Crippen molar-refractivity contribution in [2.45, 2.75) is 19.8 Å². The predicted molar refractivity (Wildman–Crippen MR) is 125 cm³/mol. The van der Waals surface area contributed by atoms with Crippen LogP contribution in [0.1, 0.15) is 41.4 Å². The van der Waals surface area contributed by atoms with E-state index >= 15 is 0 Å². The summed E-state index contributed by atoms with van der Waals surface area (Å²) in [6.07, 6.45) is 6.57. The summed E-state index contributed by atoms with van der Waals surface area (Å²) in [5.74, 6) is 0.881. The van der Waals surface area contributed by atoms with Crippen molar-refractivity contribution in [2.75, 3.05) is 0 Å². The first kappa shape index (κ1) is 20.3. The van der Waals surface area contributed by atoms with Crippen LogP contribution in [0.25, 0.3) is 28.2 Å². The van der Waals surface area contributed by atoms with Crippen LogP contribution >= 0.6 is 0 Å². The number of carbonyl (C=O) groups is 1. The molecule has 5 nitrogen and oxygen atoms in total. The molecule has 5 heteroatoms. The van der Waals surface area contributed by atoms with Crippen LogP contribution in [0, 0.1) is 0 Å². The van der Waals surface area contributed by atoms with E-state index in [1.165, 1.54) is 11.8 Å². The zero-order chi connectivity index (χ0) is 21.6. The number of benzene rings is 2. The standard InChI is InChI=1S/C26H23N3O2/c1-18(2)19-11-13-20(14-12-19)25-17-23(22-9-3-4-10-24(22)28-25)26(30)29-27-15-5-7-21-8-6-16-31-21/h3-18H,1-2H3,(H,29,30)/b7-5+,27-15?. The largest absolute Gasteiger partial charge is 0.465 e. The summed E-state index contributed by atoms with van der Waals surface area (Å²) in [4.78, 5) is 17.6. The molecule has 0 aliphatic carbocycles. The number of amides is 1. The van der Waals surface area contributed by atoms with Crippen LogP contribution in [0.5, 0.6) is 0 Å². The minimum Gasteiger partial charge on any atom is -0.465 e. The van der Waals surface area contributed by atoms with Crippen molar-refractivity contribution in [3.8, 4) is 11.3 Å². The third kappa shape index (κ3) is 4.78. The lowest BCUT2D eigenvalue weighted by Gasteiger charge is -2.10. The van der Waals surface area contributed by atoms with E-state index < -0.39 is 0 Å². The second kappa shape index (κ2) is 9.22. The maximum atomic E-state index is 12.9. The van der Waals surface area contributed by atoms with Gasteiger partial charge in [-0.2, -0.15) is 5.10 Å². The molecule has 2 aromatic heterocycles. The lowest BCUT2D eigenvalue weighted by molar-refractivity contribution is 0.0956. The molecule has 0 aliphatic heterocycles. The number of furan rings is 1. The van der Waals surface area contributed by atoms with Crippen LogP contribution in [0.4, 0.5) is 0 Å². The fourth-order valence-corrected chi connectivity index (χ4v) is 3.27. The first-order valence-electron chi connectivity index (χ1n) is 10.2. The van der Waals surface area contributed by atoms with Crippen molar-refractivity contribution < 1.29 is 9.21 Å². The van der Waals surface area contributed by atoms with Crippen LogP contribution in [0.3, 0.4) is 0 Å². The molecule has 1 N–H and O–H groups in total. The van der Waals surface area contributed by atoms with Gasteiger partial charge in [0.1, 0.15) is 5.76 Å². The van der Waals surface area contributed by atoms with E-state index in [9.17, 15) is 4.79 Å². The number of aromatic nitrogens is 1. The van der Waals surface area contributed by atoms with Crippen LogP contribution < -0.4 is 5.43 Å². The molecule has 0 bridgehead atoms. The number of pyridine rings is 1. The minimum atomic E-state index is -0.290. The summed E-state index contributed by atoms with van der Waals surface area (Å²) in [5, 5.41) is 4.80. The molecular weight excluding hydrogens is 386 g/mol. The molecule has 0 spiro atoms. The number of carbonyl (C=O) groups excluding carboxylic acids is 1. The van der Waals surface area contributed by atoms with E-state index in [4.69, 9.17) is 9.40 Å². The molecule has 2 aromatic carbocycles. The number of allylic oxidation sites excluding steroid dienone is 1. The average molecular weight is 409 g/mol. The van der Waals surface area contributed by atoms with Gasteiger partial charge < -0.3 is 4.42 Å². The van der Waals surface area contributed by atoms with Gasteiger partial charge >= 0.3 is 0 Å². The second-order valence-corrected chi connectivity index (χ2v) is 7.44. The molecule has 0 aliphatic rings. The third-order valence-corrected chi connectivity index (χ3v) is 4.96. The van der Waals surface area contributed by atoms with E-state index in [1.54, 1.807) is 24.5 Å². The number of rotatable bonds is 6. The van der Waals surface area contributed by atoms with E-state index in [-0.39, 0.29) is 5.91 Å². The Balaban J connectivity index is 1.60. The fraction of sp³-hybridized carbons (Fsp3) is 0.115. The van der Waals surface area contributed by atoms with Crippen molar-refractivity contribution >= 4 is 29.1 Å².